The van der Waals surface area contributed by atoms with Crippen LogP contribution in [0.1, 0.15) is 23.7 Å². The van der Waals surface area contributed by atoms with E-state index in [2.05, 4.69) is 11.5 Å². The van der Waals surface area contributed by atoms with Crippen LogP contribution in [0.2, 0.25) is 0 Å². The SMILES string of the molecule is C=CCC(C)(C(=O)c1ccccc1)N1CCOCC1. The first kappa shape index (κ1) is 14.0. The summed E-state index contributed by atoms with van der Waals surface area (Å²) in [5.74, 6) is 0.162. The van der Waals surface area contributed by atoms with Crippen LogP contribution in [-0.4, -0.2) is 42.5 Å². The molecule has 0 aromatic heterocycles. The van der Waals surface area contributed by atoms with Gasteiger partial charge >= 0.3 is 0 Å². The molecular weight excluding hydrogens is 238 g/mol. The zero-order valence-corrected chi connectivity index (χ0v) is 11.5. The van der Waals surface area contributed by atoms with Crippen LogP contribution < -0.4 is 0 Å². The molecule has 1 fully saturated rings. The van der Waals surface area contributed by atoms with Crippen molar-refractivity contribution in [3.8, 4) is 0 Å². The average molecular weight is 259 g/mol. The number of carbonyl (C=O) groups excluding carboxylic acids is 1. The second-order valence-corrected chi connectivity index (χ2v) is 5.06. The Morgan fingerprint density at radius 3 is 2.58 bits per heavy atom. The molecule has 1 aliphatic heterocycles. The van der Waals surface area contributed by atoms with Crippen molar-refractivity contribution in [3.63, 3.8) is 0 Å². The summed E-state index contributed by atoms with van der Waals surface area (Å²) in [5, 5.41) is 0. The average Bonchev–Trinajstić information content (AvgIpc) is 2.48. The van der Waals surface area contributed by atoms with Gasteiger partial charge in [0.1, 0.15) is 0 Å². The van der Waals surface area contributed by atoms with Gasteiger partial charge in [-0.2, -0.15) is 0 Å². The molecule has 0 spiro atoms. The second kappa shape index (κ2) is 6.13. The fraction of sp³-hybridized carbons (Fsp3) is 0.438. The third-order valence-corrected chi connectivity index (χ3v) is 3.78. The fourth-order valence-electron chi connectivity index (χ4n) is 2.60. The highest BCUT2D eigenvalue weighted by Gasteiger charge is 2.39. The Hall–Kier alpha value is -1.45. The van der Waals surface area contributed by atoms with Gasteiger partial charge < -0.3 is 4.74 Å². The number of nitrogens with zero attached hydrogens (tertiary/aromatic N) is 1. The van der Waals surface area contributed by atoms with E-state index in [4.69, 9.17) is 4.74 Å². The van der Waals surface area contributed by atoms with Crippen LogP contribution in [0.5, 0.6) is 0 Å². The molecule has 0 amide bonds. The lowest BCUT2D eigenvalue weighted by Crippen LogP contribution is -2.56. The van der Waals surface area contributed by atoms with Crippen molar-refractivity contribution in [1.82, 2.24) is 4.90 Å². The molecular formula is C16H21NO2. The fourth-order valence-corrected chi connectivity index (χ4v) is 2.60. The number of ketones is 1. The number of ether oxygens (including phenoxy) is 1. The Kier molecular flexibility index (Phi) is 4.51. The summed E-state index contributed by atoms with van der Waals surface area (Å²) >= 11 is 0. The molecule has 3 nitrogen and oxygen atoms in total. The molecule has 3 heteroatoms. The van der Waals surface area contributed by atoms with Crippen molar-refractivity contribution >= 4 is 5.78 Å². The van der Waals surface area contributed by atoms with Crippen molar-refractivity contribution in [2.24, 2.45) is 0 Å². The number of hydrogen-bond acceptors (Lipinski definition) is 3. The van der Waals surface area contributed by atoms with Gasteiger partial charge in [0, 0.05) is 18.7 Å². The maximum absolute atomic E-state index is 12.8. The van der Waals surface area contributed by atoms with Gasteiger partial charge in [-0.05, 0) is 13.3 Å². The minimum atomic E-state index is -0.521. The van der Waals surface area contributed by atoms with E-state index in [0.717, 1.165) is 18.7 Å². The van der Waals surface area contributed by atoms with Crippen LogP contribution in [0, 0.1) is 0 Å². The molecule has 102 valence electrons. The highest BCUT2D eigenvalue weighted by Crippen LogP contribution is 2.26. The molecule has 1 heterocycles. The van der Waals surface area contributed by atoms with Crippen LogP contribution >= 0.6 is 0 Å². The van der Waals surface area contributed by atoms with Gasteiger partial charge in [0.25, 0.3) is 0 Å². The number of benzene rings is 1. The lowest BCUT2D eigenvalue weighted by atomic mass is 9.86. The molecule has 1 aromatic carbocycles. The minimum absolute atomic E-state index is 0.162. The summed E-state index contributed by atoms with van der Waals surface area (Å²) in [4.78, 5) is 15.0. The highest BCUT2D eigenvalue weighted by atomic mass is 16.5. The molecule has 1 saturated heterocycles. The van der Waals surface area contributed by atoms with Gasteiger partial charge in [0.15, 0.2) is 5.78 Å². The maximum Gasteiger partial charge on any atom is 0.183 e. The molecule has 1 unspecified atom stereocenters. The smallest absolute Gasteiger partial charge is 0.183 e. The lowest BCUT2D eigenvalue weighted by molar-refractivity contribution is -0.00871. The normalized spacial score (nSPS) is 19.6. The summed E-state index contributed by atoms with van der Waals surface area (Å²) < 4.78 is 5.38. The number of hydrogen-bond donors (Lipinski definition) is 0. The Balaban J connectivity index is 2.27. The standard InChI is InChI=1S/C16H21NO2/c1-3-9-16(2,17-10-12-19-13-11-17)15(18)14-7-5-4-6-8-14/h3-8H,1,9-13H2,2H3. The lowest BCUT2D eigenvalue weighted by Gasteiger charge is -2.41. The van der Waals surface area contributed by atoms with E-state index in [-0.39, 0.29) is 5.78 Å². The third kappa shape index (κ3) is 2.94. The van der Waals surface area contributed by atoms with E-state index in [1.54, 1.807) is 0 Å². The zero-order chi connectivity index (χ0) is 13.7. The summed E-state index contributed by atoms with van der Waals surface area (Å²) in [7, 11) is 0. The molecule has 1 atom stereocenters. The van der Waals surface area contributed by atoms with Crippen LogP contribution in [0.4, 0.5) is 0 Å². The largest absolute Gasteiger partial charge is 0.379 e. The van der Waals surface area contributed by atoms with Crippen molar-refractivity contribution < 1.29 is 9.53 Å². The summed E-state index contributed by atoms with van der Waals surface area (Å²) in [5.41, 5.74) is 0.241. The Morgan fingerprint density at radius 2 is 2.00 bits per heavy atom. The van der Waals surface area contributed by atoms with Crippen molar-refractivity contribution in [2.75, 3.05) is 26.3 Å². The topological polar surface area (TPSA) is 29.5 Å². The molecule has 0 radical (unpaired) electrons. The van der Waals surface area contributed by atoms with Crippen molar-refractivity contribution in [3.05, 3.63) is 48.6 Å². The van der Waals surface area contributed by atoms with Gasteiger partial charge in [-0.15, -0.1) is 6.58 Å². The van der Waals surface area contributed by atoms with Crippen molar-refractivity contribution in [2.45, 2.75) is 18.9 Å². The summed E-state index contributed by atoms with van der Waals surface area (Å²) in [6.45, 7) is 8.78. The first-order valence-electron chi connectivity index (χ1n) is 6.72. The van der Waals surface area contributed by atoms with Crippen LogP contribution in [0.25, 0.3) is 0 Å². The van der Waals surface area contributed by atoms with Gasteiger partial charge in [0.2, 0.25) is 0 Å². The molecule has 19 heavy (non-hydrogen) atoms. The Morgan fingerprint density at radius 1 is 1.37 bits per heavy atom. The molecule has 0 bridgehead atoms. The molecule has 0 N–H and O–H groups in total. The van der Waals surface area contributed by atoms with E-state index in [1.165, 1.54) is 0 Å². The van der Waals surface area contributed by atoms with E-state index < -0.39 is 5.54 Å². The quantitative estimate of drug-likeness (QED) is 0.601. The van der Waals surface area contributed by atoms with Gasteiger partial charge in [0.05, 0.1) is 18.8 Å². The second-order valence-electron chi connectivity index (χ2n) is 5.06. The first-order chi connectivity index (χ1) is 9.18. The van der Waals surface area contributed by atoms with E-state index in [1.807, 2.05) is 43.3 Å². The molecule has 1 aliphatic rings. The van der Waals surface area contributed by atoms with Crippen LogP contribution in [0.3, 0.4) is 0 Å². The predicted octanol–water partition coefficient (Wildman–Crippen LogP) is 2.54. The molecule has 0 aliphatic carbocycles. The number of carbonyl (C=O) groups is 1. The zero-order valence-electron chi connectivity index (χ0n) is 11.5. The van der Waals surface area contributed by atoms with E-state index in [0.29, 0.717) is 19.6 Å². The Labute approximate surface area is 114 Å². The van der Waals surface area contributed by atoms with Gasteiger partial charge in [-0.25, -0.2) is 0 Å². The number of Topliss-reactive ketones (excluding diaryl/α,β-unsaturated/α-hetero) is 1. The minimum Gasteiger partial charge on any atom is -0.379 e. The predicted molar refractivity (Wildman–Crippen MR) is 76.4 cm³/mol. The molecule has 2 rings (SSSR count). The van der Waals surface area contributed by atoms with Crippen molar-refractivity contribution in [1.29, 1.82) is 0 Å². The monoisotopic (exact) mass is 259 g/mol. The molecule has 0 saturated carbocycles. The molecule has 1 aromatic rings. The van der Waals surface area contributed by atoms with E-state index >= 15 is 0 Å². The maximum atomic E-state index is 12.8. The highest BCUT2D eigenvalue weighted by molar-refractivity contribution is 6.03. The first-order valence-corrected chi connectivity index (χ1v) is 6.72. The summed E-state index contributed by atoms with van der Waals surface area (Å²) in [6.07, 6.45) is 2.48. The van der Waals surface area contributed by atoms with Crippen LogP contribution in [0.15, 0.2) is 43.0 Å². The van der Waals surface area contributed by atoms with E-state index in [9.17, 15) is 4.79 Å². The third-order valence-electron chi connectivity index (χ3n) is 3.78. The van der Waals surface area contributed by atoms with Crippen LogP contribution in [-0.2, 0) is 4.74 Å². The van der Waals surface area contributed by atoms with Gasteiger partial charge in [-0.3, -0.25) is 9.69 Å². The Bertz CT molecular complexity index is 437. The number of morpholine rings is 1. The summed E-state index contributed by atoms with van der Waals surface area (Å²) in [6, 6.07) is 9.49. The van der Waals surface area contributed by atoms with Gasteiger partial charge in [-0.1, -0.05) is 36.4 Å². The number of rotatable bonds is 5.